The molecule has 1 aliphatic heterocycles. The second-order valence-electron chi connectivity index (χ2n) is 6.36. The maximum absolute atomic E-state index is 13.1. The van der Waals surface area contributed by atoms with E-state index in [0.717, 1.165) is 17.8 Å². The summed E-state index contributed by atoms with van der Waals surface area (Å²) in [7, 11) is 0. The van der Waals surface area contributed by atoms with E-state index in [-0.39, 0.29) is 17.2 Å². The van der Waals surface area contributed by atoms with E-state index in [4.69, 9.17) is 0 Å². The molecule has 0 aliphatic carbocycles. The van der Waals surface area contributed by atoms with E-state index in [2.05, 4.69) is 28.5 Å². The third-order valence-corrected chi connectivity index (χ3v) is 5.54. The van der Waals surface area contributed by atoms with Crippen LogP contribution >= 0.6 is 11.8 Å². The summed E-state index contributed by atoms with van der Waals surface area (Å²) in [5.74, 6) is 0.0788. The molecule has 0 saturated carbocycles. The average molecular weight is 365 g/mol. The summed E-state index contributed by atoms with van der Waals surface area (Å²) in [6.07, 6.45) is 0.890. The molecule has 1 aromatic heterocycles. The Morgan fingerprint density at radius 2 is 1.88 bits per heavy atom. The van der Waals surface area contributed by atoms with E-state index in [1.165, 1.54) is 17.3 Å². The minimum Gasteiger partial charge on any atom is -0.308 e. The molecule has 0 N–H and O–H groups in total. The number of fused-ring (bicyclic) bond motifs is 1. The molecule has 0 saturated heterocycles. The molecule has 2 heterocycles. The number of anilines is 1. The van der Waals surface area contributed by atoms with E-state index < -0.39 is 0 Å². The molecular weight excluding hydrogens is 346 g/mol. The maximum Gasteiger partial charge on any atom is 0.240 e. The predicted octanol–water partition coefficient (Wildman–Crippen LogP) is 3.12. The Kier molecular flexibility index (Phi) is 4.46. The third kappa shape index (κ3) is 2.99. The summed E-state index contributed by atoms with van der Waals surface area (Å²) >= 11 is 1.38. The van der Waals surface area contributed by atoms with E-state index >= 15 is 0 Å². The zero-order chi connectivity index (χ0) is 18.1. The molecule has 0 unspecified atom stereocenters. The van der Waals surface area contributed by atoms with Crippen LogP contribution in [0.4, 0.5) is 5.69 Å². The van der Waals surface area contributed by atoms with Crippen LogP contribution in [-0.2, 0) is 11.2 Å². The van der Waals surface area contributed by atoms with Gasteiger partial charge in [-0.05, 0) is 54.5 Å². The minimum absolute atomic E-state index is 0.0788. The van der Waals surface area contributed by atoms with Crippen LogP contribution in [0, 0.1) is 0 Å². The summed E-state index contributed by atoms with van der Waals surface area (Å²) in [5.41, 5.74) is 3.11. The van der Waals surface area contributed by atoms with Crippen molar-refractivity contribution < 1.29 is 4.79 Å². The highest BCUT2D eigenvalue weighted by Crippen LogP contribution is 2.34. The number of carbonyl (C=O) groups excluding carboxylic acids is 1. The number of amides is 1. The number of thioether (sulfide) groups is 1. The highest BCUT2D eigenvalue weighted by Gasteiger charge is 2.34. The molecule has 132 valence electrons. The van der Waals surface area contributed by atoms with Crippen LogP contribution in [0.2, 0.25) is 0 Å². The number of rotatable bonds is 4. The van der Waals surface area contributed by atoms with Gasteiger partial charge in [0.05, 0.1) is 10.9 Å². The number of para-hydroxylation sites is 2. The summed E-state index contributed by atoms with van der Waals surface area (Å²) < 4.78 is 1.66. The number of tetrazole rings is 1. The molecule has 7 heteroatoms. The molecule has 0 radical (unpaired) electrons. The number of aromatic nitrogens is 4. The van der Waals surface area contributed by atoms with Gasteiger partial charge in [0.1, 0.15) is 0 Å². The van der Waals surface area contributed by atoms with Crippen molar-refractivity contribution in [2.24, 2.45) is 0 Å². The van der Waals surface area contributed by atoms with Crippen molar-refractivity contribution in [2.45, 2.75) is 36.7 Å². The molecule has 3 aromatic rings. The van der Waals surface area contributed by atoms with Crippen LogP contribution in [0.1, 0.15) is 19.4 Å². The fraction of sp³-hybridized carbons (Fsp3) is 0.263. The molecular formula is C19H19N5OS. The van der Waals surface area contributed by atoms with Gasteiger partial charge in [0, 0.05) is 11.7 Å². The number of hydrogen-bond donors (Lipinski definition) is 0. The van der Waals surface area contributed by atoms with Crippen molar-refractivity contribution in [1.82, 2.24) is 20.2 Å². The van der Waals surface area contributed by atoms with Gasteiger partial charge in [-0.1, -0.05) is 48.2 Å². The Balaban J connectivity index is 1.56. The van der Waals surface area contributed by atoms with Gasteiger partial charge in [0.15, 0.2) is 0 Å². The Morgan fingerprint density at radius 3 is 2.69 bits per heavy atom. The second kappa shape index (κ2) is 6.92. The molecule has 0 bridgehead atoms. The minimum atomic E-state index is -0.294. The molecule has 0 spiro atoms. The first-order valence-corrected chi connectivity index (χ1v) is 9.44. The molecule has 2 atom stereocenters. The van der Waals surface area contributed by atoms with Crippen LogP contribution in [-0.4, -0.2) is 37.4 Å². The smallest absolute Gasteiger partial charge is 0.240 e. The lowest BCUT2D eigenvalue weighted by Crippen LogP contribution is -2.40. The zero-order valence-electron chi connectivity index (χ0n) is 14.6. The maximum atomic E-state index is 13.1. The average Bonchev–Trinajstić information content (AvgIpc) is 3.25. The van der Waals surface area contributed by atoms with Crippen LogP contribution in [0.5, 0.6) is 0 Å². The topological polar surface area (TPSA) is 63.9 Å². The molecule has 2 aromatic carbocycles. The summed E-state index contributed by atoms with van der Waals surface area (Å²) in [4.78, 5) is 15.0. The normalized spacial score (nSPS) is 17.2. The van der Waals surface area contributed by atoms with Gasteiger partial charge in [0.2, 0.25) is 11.1 Å². The lowest BCUT2D eigenvalue weighted by molar-refractivity contribution is -0.118. The van der Waals surface area contributed by atoms with Gasteiger partial charge in [-0.2, -0.15) is 4.68 Å². The molecule has 26 heavy (non-hydrogen) atoms. The second-order valence-corrected chi connectivity index (χ2v) is 7.67. The number of hydrogen-bond acceptors (Lipinski definition) is 5. The SMILES string of the molecule is C[C@H](Sc1nnnn1-c1ccccc1)C(=O)N1c2ccccc2C[C@H]1C. The van der Waals surface area contributed by atoms with E-state index in [1.807, 2.05) is 60.4 Å². The van der Waals surface area contributed by atoms with Crippen molar-refractivity contribution in [2.75, 3.05) is 4.90 Å². The lowest BCUT2D eigenvalue weighted by Gasteiger charge is -2.25. The summed E-state index contributed by atoms with van der Waals surface area (Å²) in [6.45, 7) is 3.99. The van der Waals surface area contributed by atoms with Crippen LogP contribution in [0.25, 0.3) is 5.69 Å². The predicted molar refractivity (Wildman–Crippen MR) is 102 cm³/mol. The third-order valence-electron chi connectivity index (χ3n) is 4.52. The van der Waals surface area contributed by atoms with E-state index in [1.54, 1.807) is 4.68 Å². The number of carbonyl (C=O) groups is 1. The molecule has 0 fully saturated rings. The molecule has 6 nitrogen and oxygen atoms in total. The van der Waals surface area contributed by atoms with Crippen LogP contribution in [0.3, 0.4) is 0 Å². The van der Waals surface area contributed by atoms with Crippen molar-refractivity contribution in [3.05, 3.63) is 60.2 Å². The first-order valence-electron chi connectivity index (χ1n) is 8.56. The Labute approximate surface area is 156 Å². The fourth-order valence-electron chi connectivity index (χ4n) is 3.29. The van der Waals surface area contributed by atoms with Gasteiger partial charge in [-0.15, -0.1) is 5.10 Å². The highest BCUT2D eigenvalue weighted by molar-refractivity contribution is 8.00. The van der Waals surface area contributed by atoms with Gasteiger partial charge < -0.3 is 4.90 Å². The van der Waals surface area contributed by atoms with Crippen molar-refractivity contribution in [3.8, 4) is 5.69 Å². The summed E-state index contributed by atoms with van der Waals surface area (Å²) in [6, 6.07) is 17.9. The monoisotopic (exact) mass is 365 g/mol. The Hall–Kier alpha value is -2.67. The Morgan fingerprint density at radius 1 is 1.15 bits per heavy atom. The quantitative estimate of drug-likeness (QED) is 0.665. The zero-order valence-corrected chi connectivity index (χ0v) is 15.4. The first-order chi connectivity index (χ1) is 12.6. The van der Waals surface area contributed by atoms with E-state index in [0.29, 0.717) is 5.16 Å². The van der Waals surface area contributed by atoms with Crippen molar-refractivity contribution >= 4 is 23.4 Å². The van der Waals surface area contributed by atoms with Crippen molar-refractivity contribution in [1.29, 1.82) is 0 Å². The van der Waals surface area contributed by atoms with Gasteiger partial charge >= 0.3 is 0 Å². The van der Waals surface area contributed by atoms with E-state index in [9.17, 15) is 4.79 Å². The van der Waals surface area contributed by atoms with Crippen LogP contribution in [0.15, 0.2) is 59.8 Å². The van der Waals surface area contributed by atoms with Gasteiger partial charge in [0.25, 0.3) is 0 Å². The van der Waals surface area contributed by atoms with Crippen LogP contribution < -0.4 is 4.90 Å². The summed E-state index contributed by atoms with van der Waals surface area (Å²) in [5, 5.41) is 12.2. The largest absolute Gasteiger partial charge is 0.308 e. The number of benzene rings is 2. The number of nitrogens with zero attached hydrogens (tertiary/aromatic N) is 5. The van der Waals surface area contributed by atoms with Gasteiger partial charge in [-0.3, -0.25) is 4.79 Å². The fourth-order valence-corrected chi connectivity index (χ4v) is 4.15. The Bertz CT molecular complexity index is 926. The molecule has 4 rings (SSSR count). The molecule has 1 aliphatic rings. The lowest BCUT2D eigenvalue weighted by atomic mass is 10.1. The molecule has 1 amide bonds. The highest BCUT2D eigenvalue weighted by atomic mass is 32.2. The first kappa shape index (κ1) is 16.8. The van der Waals surface area contributed by atoms with Gasteiger partial charge in [-0.25, -0.2) is 0 Å². The van der Waals surface area contributed by atoms with Crippen molar-refractivity contribution in [3.63, 3.8) is 0 Å². The standard InChI is InChI=1S/C19H19N5OS/c1-13-12-15-8-6-7-11-17(15)23(13)18(25)14(2)26-19-20-21-22-24(19)16-9-4-3-5-10-16/h3-11,13-14H,12H2,1-2H3/t13-,14+/m1/s1.